The SMILES string of the molecule is CC(C)CNCCC(C)(C)CCc1nccn1C. The van der Waals surface area contributed by atoms with Crippen molar-refractivity contribution in [3.8, 4) is 0 Å². The maximum absolute atomic E-state index is 4.39. The molecule has 3 nitrogen and oxygen atoms in total. The maximum Gasteiger partial charge on any atom is 0.108 e. The summed E-state index contributed by atoms with van der Waals surface area (Å²) in [6, 6.07) is 0. The van der Waals surface area contributed by atoms with Gasteiger partial charge in [0.25, 0.3) is 0 Å². The third-order valence-electron chi connectivity index (χ3n) is 3.48. The fourth-order valence-electron chi connectivity index (χ4n) is 2.03. The summed E-state index contributed by atoms with van der Waals surface area (Å²) in [5.41, 5.74) is 0.385. The van der Waals surface area contributed by atoms with Gasteiger partial charge in [-0.15, -0.1) is 0 Å². The molecule has 0 aliphatic rings. The van der Waals surface area contributed by atoms with E-state index in [1.807, 2.05) is 12.4 Å². The summed E-state index contributed by atoms with van der Waals surface area (Å²) in [4.78, 5) is 4.39. The smallest absolute Gasteiger partial charge is 0.108 e. The van der Waals surface area contributed by atoms with E-state index in [-0.39, 0.29) is 0 Å². The first-order chi connectivity index (χ1) is 8.41. The number of rotatable bonds is 8. The molecule has 1 rings (SSSR count). The Morgan fingerprint density at radius 2 is 2.06 bits per heavy atom. The fourth-order valence-corrected chi connectivity index (χ4v) is 2.03. The molecule has 0 saturated heterocycles. The molecular weight excluding hydrogens is 222 g/mol. The van der Waals surface area contributed by atoms with Gasteiger partial charge in [0.2, 0.25) is 0 Å². The summed E-state index contributed by atoms with van der Waals surface area (Å²) < 4.78 is 2.12. The Morgan fingerprint density at radius 1 is 1.33 bits per heavy atom. The van der Waals surface area contributed by atoms with E-state index in [1.54, 1.807) is 0 Å². The standard InChI is InChI=1S/C15H29N3/c1-13(2)12-16-9-8-15(3,4)7-6-14-17-10-11-18(14)5/h10-11,13,16H,6-9,12H2,1-5H3. The monoisotopic (exact) mass is 251 g/mol. The van der Waals surface area contributed by atoms with Crippen molar-refractivity contribution in [2.45, 2.75) is 47.0 Å². The zero-order valence-electron chi connectivity index (χ0n) is 12.7. The van der Waals surface area contributed by atoms with Crippen molar-refractivity contribution in [1.82, 2.24) is 14.9 Å². The van der Waals surface area contributed by atoms with Gasteiger partial charge >= 0.3 is 0 Å². The van der Waals surface area contributed by atoms with Crippen LogP contribution in [0.2, 0.25) is 0 Å². The van der Waals surface area contributed by atoms with E-state index >= 15 is 0 Å². The lowest BCUT2D eigenvalue weighted by Crippen LogP contribution is -2.26. The first-order valence-electron chi connectivity index (χ1n) is 7.07. The van der Waals surface area contributed by atoms with Crippen LogP contribution in [0.1, 0.15) is 46.4 Å². The van der Waals surface area contributed by atoms with Crippen LogP contribution < -0.4 is 5.32 Å². The molecule has 1 heterocycles. The second kappa shape index (κ2) is 6.93. The van der Waals surface area contributed by atoms with E-state index in [1.165, 1.54) is 18.7 Å². The number of nitrogens with one attached hydrogen (secondary N) is 1. The van der Waals surface area contributed by atoms with Gasteiger partial charge in [0, 0.05) is 25.9 Å². The molecule has 0 bridgehead atoms. The van der Waals surface area contributed by atoms with E-state index < -0.39 is 0 Å². The van der Waals surface area contributed by atoms with Crippen molar-refractivity contribution in [2.24, 2.45) is 18.4 Å². The highest BCUT2D eigenvalue weighted by atomic mass is 15.0. The number of hydrogen-bond acceptors (Lipinski definition) is 2. The van der Waals surface area contributed by atoms with E-state index in [2.05, 4.69) is 49.6 Å². The number of nitrogens with zero attached hydrogens (tertiary/aromatic N) is 2. The van der Waals surface area contributed by atoms with Crippen LogP contribution in [0.3, 0.4) is 0 Å². The Bertz CT molecular complexity index is 339. The molecule has 0 aliphatic heterocycles. The third-order valence-corrected chi connectivity index (χ3v) is 3.48. The number of aromatic nitrogens is 2. The van der Waals surface area contributed by atoms with Gasteiger partial charge in [-0.2, -0.15) is 0 Å². The fraction of sp³-hybridized carbons (Fsp3) is 0.800. The molecule has 1 N–H and O–H groups in total. The van der Waals surface area contributed by atoms with E-state index in [0.29, 0.717) is 5.41 Å². The molecule has 0 unspecified atom stereocenters. The zero-order valence-corrected chi connectivity index (χ0v) is 12.7. The Morgan fingerprint density at radius 3 is 2.61 bits per heavy atom. The molecule has 1 aromatic heterocycles. The molecular formula is C15H29N3. The Hall–Kier alpha value is -0.830. The van der Waals surface area contributed by atoms with E-state index in [4.69, 9.17) is 0 Å². The molecule has 0 saturated carbocycles. The summed E-state index contributed by atoms with van der Waals surface area (Å²) in [6.45, 7) is 11.4. The Labute approximate surface area is 112 Å². The van der Waals surface area contributed by atoms with Crippen LogP contribution in [0.5, 0.6) is 0 Å². The molecule has 18 heavy (non-hydrogen) atoms. The lowest BCUT2D eigenvalue weighted by Gasteiger charge is -2.25. The summed E-state index contributed by atoms with van der Waals surface area (Å²) in [6.07, 6.45) is 7.39. The molecule has 3 heteroatoms. The van der Waals surface area contributed by atoms with Crippen LogP contribution in [-0.4, -0.2) is 22.6 Å². The number of imidazole rings is 1. The van der Waals surface area contributed by atoms with Gasteiger partial charge in [-0.25, -0.2) is 4.98 Å². The highest BCUT2D eigenvalue weighted by Gasteiger charge is 2.18. The second-order valence-corrected chi connectivity index (χ2v) is 6.47. The predicted molar refractivity (Wildman–Crippen MR) is 77.6 cm³/mol. The summed E-state index contributed by atoms with van der Waals surface area (Å²) in [7, 11) is 2.07. The van der Waals surface area contributed by atoms with E-state index in [9.17, 15) is 0 Å². The van der Waals surface area contributed by atoms with Crippen molar-refractivity contribution >= 4 is 0 Å². The molecule has 0 aromatic carbocycles. The first kappa shape index (κ1) is 15.2. The molecule has 0 spiro atoms. The van der Waals surface area contributed by atoms with E-state index in [0.717, 1.165) is 25.4 Å². The van der Waals surface area contributed by atoms with Crippen LogP contribution in [0.4, 0.5) is 0 Å². The van der Waals surface area contributed by atoms with Gasteiger partial charge in [0.05, 0.1) is 0 Å². The molecule has 104 valence electrons. The minimum atomic E-state index is 0.385. The summed E-state index contributed by atoms with van der Waals surface area (Å²) in [5, 5.41) is 3.52. The lowest BCUT2D eigenvalue weighted by molar-refractivity contribution is 0.297. The normalized spacial score (nSPS) is 12.3. The van der Waals surface area contributed by atoms with Gasteiger partial charge in [-0.05, 0) is 37.3 Å². The van der Waals surface area contributed by atoms with Crippen LogP contribution in [0, 0.1) is 11.3 Å². The average Bonchev–Trinajstić information content (AvgIpc) is 2.68. The number of aryl methyl sites for hydroxylation is 2. The molecule has 0 amide bonds. The number of hydrogen-bond donors (Lipinski definition) is 1. The van der Waals surface area contributed by atoms with Gasteiger partial charge in [-0.1, -0.05) is 27.7 Å². The predicted octanol–water partition coefficient (Wildman–Crippen LogP) is 3.01. The van der Waals surface area contributed by atoms with Crippen molar-refractivity contribution in [1.29, 1.82) is 0 Å². The van der Waals surface area contributed by atoms with Crippen LogP contribution in [0.15, 0.2) is 12.4 Å². The molecule has 0 fully saturated rings. The quantitative estimate of drug-likeness (QED) is 0.720. The van der Waals surface area contributed by atoms with Crippen LogP contribution in [-0.2, 0) is 13.5 Å². The lowest BCUT2D eigenvalue weighted by atomic mass is 9.84. The van der Waals surface area contributed by atoms with Crippen molar-refractivity contribution < 1.29 is 0 Å². The van der Waals surface area contributed by atoms with Gasteiger partial charge in [0.1, 0.15) is 5.82 Å². The van der Waals surface area contributed by atoms with Gasteiger partial charge in [0.15, 0.2) is 0 Å². The van der Waals surface area contributed by atoms with Gasteiger partial charge < -0.3 is 9.88 Å². The zero-order chi connectivity index (χ0) is 13.6. The van der Waals surface area contributed by atoms with Gasteiger partial charge in [-0.3, -0.25) is 0 Å². The highest BCUT2D eigenvalue weighted by Crippen LogP contribution is 2.26. The molecule has 0 aliphatic carbocycles. The minimum Gasteiger partial charge on any atom is -0.338 e. The Balaban J connectivity index is 2.25. The summed E-state index contributed by atoms with van der Waals surface area (Å²) in [5.74, 6) is 1.93. The average molecular weight is 251 g/mol. The third kappa shape index (κ3) is 5.67. The minimum absolute atomic E-state index is 0.385. The van der Waals surface area contributed by atoms with Crippen molar-refractivity contribution in [2.75, 3.05) is 13.1 Å². The largest absolute Gasteiger partial charge is 0.338 e. The second-order valence-electron chi connectivity index (χ2n) is 6.47. The van der Waals surface area contributed by atoms with Crippen molar-refractivity contribution in [3.05, 3.63) is 18.2 Å². The Kier molecular flexibility index (Phi) is 5.86. The first-order valence-corrected chi connectivity index (χ1v) is 7.07. The van der Waals surface area contributed by atoms with Crippen LogP contribution in [0.25, 0.3) is 0 Å². The summed E-state index contributed by atoms with van der Waals surface area (Å²) >= 11 is 0. The van der Waals surface area contributed by atoms with Crippen LogP contribution >= 0.6 is 0 Å². The topological polar surface area (TPSA) is 29.9 Å². The highest BCUT2D eigenvalue weighted by molar-refractivity contribution is 4.92. The maximum atomic E-state index is 4.39. The van der Waals surface area contributed by atoms with Crippen molar-refractivity contribution in [3.63, 3.8) is 0 Å². The molecule has 0 atom stereocenters. The molecule has 0 radical (unpaired) electrons. The molecule has 1 aromatic rings.